The average molecular weight is 396 g/mol. The van der Waals surface area contributed by atoms with Crippen molar-refractivity contribution in [2.45, 2.75) is 37.4 Å². The van der Waals surface area contributed by atoms with E-state index < -0.39 is 41.8 Å². The summed E-state index contributed by atoms with van der Waals surface area (Å²) in [6.45, 7) is 0. The molecule has 3 amide bonds. The molecule has 0 radical (unpaired) electrons. The third-order valence-electron chi connectivity index (χ3n) is 3.74. The number of carbonyl (C=O) groups excluding carboxylic acids is 3. The van der Waals surface area contributed by atoms with Gasteiger partial charge in [0.2, 0.25) is 17.7 Å². The second-order valence-electron chi connectivity index (χ2n) is 5.94. The van der Waals surface area contributed by atoms with Crippen LogP contribution in [0.4, 0.5) is 0 Å². The summed E-state index contributed by atoms with van der Waals surface area (Å²) in [5.41, 5.74) is 11.4. The number of carboxylic acid groups (broad SMARTS) is 1. The van der Waals surface area contributed by atoms with Crippen molar-refractivity contribution in [2.75, 3.05) is 5.75 Å². The fourth-order valence-corrected chi connectivity index (χ4v) is 2.41. The first-order valence-electron chi connectivity index (χ1n) is 8.26. The number of amides is 3. The number of hydrogen-bond donors (Lipinski definition) is 6. The zero-order valence-corrected chi connectivity index (χ0v) is 15.5. The van der Waals surface area contributed by atoms with Gasteiger partial charge in [0, 0.05) is 18.6 Å². The number of benzene rings is 1. The number of nitrogens with two attached hydrogens (primary N) is 2. The Bertz CT molecular complexity index is 671. The van der Waals surface area contributed by atoms with E-state index in [-0.39, 0.29) is 25.0 Å². The fraction of sp³-hybridized carbons (Fsp3) is 0.412. The second-order valence-corrected chi connectivity index (χ2v) is 6.31. The molecule has 0 unspecified atom stereocenters. The van der Waals surface area contributed by atoms with Gasteiger partial charge in [-0.3, -0.25) is 14.4 Å². The fourth-order valence-electron chi connectivity index (χ4n) is 2.24. The van der Waals surface area contributed by atoms with E-state index in [4.69, 9.17) is 11.5 Å². The van der Waals surface area contributed by atoms with Crippen molar-refractivity contribution in [3.05, 3.63) is 35.9 Å². The zero-order valence-electron chi connectivity index (χ0n) is 14.6. The normalized spacial score (nSPS) is 13.9. The van der Waals surface area contributed by atoms with Crippen molar-refractivity contribution >= 4 is 36.3 Å². The Kier molecular flexibility index (Phi) is 9.31. The number of aliphatic carboxylic acids is 1. The molecule has 0 bridgehead atoms. The van der Waals surface area contributed by atoms with Gasteiger partial charge in [-0.2, -0.15) is 12.6 Å². The molecule has 27 heavy (non-hydrogen) atoms. The van der Waals surface area contributed by atoms with Gasteiger partial charge in [-0.15, -0.1) is 0 Å². The monoisotopic (exact) mass is 396 g/mol. The Morgan fingerprint density at radius 3 is 2.15 bits per heavy atom. The number of carbonyl (C=O) groups is 4. The highest BCUT2D eigenvalue weighted by atomic mass is 32.1. The van der Waals surface area contributed by atoms with Crippen LogP contribution < -0.4 is 22.1 Å². The molecule has 1 aromatic carbocycles. The molecule has 7 N–H and O–H groups in total. The molecule has 0 aliphatic rings. The molecule has 0 heterocycles. The zero-order chi connectivity index (χ0) is 20.4. The summed E-state index contributed by atoms with van der Waals surface area (Å²) >= 11 is 3.91. The molecule has 9 nitrogen and oxygen atoms in total. The molecule has 0 aliphatic heterocycles. The van der Waals surface area contributed by atoms with Crippen molar-refractivity contribution in [3.8, 4) is 0 Å². The summed E-state index contributed by atoms with van der Waals surface area (Å²) in [7, 11) is 0. The Labute approximate surface area is 162 Å². The van der Waals surface area contributed by atoms with Gasteiger partial charge in [0.15, 0.2) is 0 Å². The first-order chi connectivity index (χ1) is 12.7. The van der Waals surface area contributed by atoms with Crippen LogP contribution in [0.15, 0.2) is 30.3 Å². The van der Waals surface area contributed by atoms with Gasteiger partial charge in [0.05, 0.1) is 6.04 Å². The van der Waals surface area contributed by atoms with E-state index in [2.05, 4.69) is 23.3 Å². The lowest BCUT2D eigenvalue weighted by Gasteiger charge is -2.22. The van der Waals surface area contributed by atoms with Gasteiger partial charge in [-0.25, -0.2) is 4.79 Å². The first kappa shape index (κ1) is 22.5. The molecule has 148 valence electrons. The third kappa shape index (κ3) is 8.09. The minimum atomic E-state index is -1.22. The standard InChI is InChI=1S/C17H24N4O5S/c18-11(9-27)15(23)20-12(6-7-14(19)22)16(24)21-13(17(25)26)8-10-4-2-1-3-5-10/h1-5,11-13,27H,6-9,18H2,(H2,19,22)(H,20,23)(H,21,24)(H,25,26)/t11-,12-,13-/m0/s1. The maximum absolute atomic E-state index is 12.5. The SMILES string of the molecule is NC(=O)CC[C@H](NC(=O)[C@@H](N)CS)C(=O)N[C@@H](Cc1ccccc1)C(=O)O. The average Bonchev–Trinajstić information content (AvgIpc) is 2.64. The summed E-state index contributed by atoms with van der Waals surface area (Å²) in [4.78, 5) is 47.0. The summed E-state index contributed by atoms with van der Waals surface area (Å²) in [5.74, 6) is -3.19. The predicted octanol–water partition coefficient (Wildman–Crippen LogP) is -1.19. The van der Waals surface area contributed by atoms with Crippen molar-refractivity contribution in [1.82, 2.24) is 10.6 Å². The van der Waals surface area contributed by atoms with E-state index in [9.17, 15) is 24.3 Å². The molecule has 0 aromatic heterocycles. The van der Waals surface area contributed by atoms with Gasteiger partial charge >= 0.3 is 5.97 Å². The van der Waals surface area contributed by atoms with Crippen molar-refractivity contribution in [2.24, 2.45) is 11.5 Å². The number of rotatable bonds is 11. The molecule has 3 atom stereocenters. The Hall–Kier alpha value is -2.59. The lowest BCUT2D eigenvalue weighted by atomic mass is 10.0. The highest BCUT2D eigenvalue weighted by molar-refractivity contribution is 7.80. The highest BCUT2D eigenvalue weighted by Gasteiger charge is 2.28. The molecule has 0 aliphatic carbocycles. The van der Waals surface area contributed by atoms with Crippen LogP contribution in [0, 0.1) is 0 Å². The van der Waals surface area contributed by atoms with Crippen LogP contribution in [0.25, 0.3) is 0 Å². The maximum atomic E-state index is 12.5. The minimum Gasteiger partial charge on any atom is -0.480 e. The third-order valence-corrected chi connectivity index (χ3v) is 4.14. The molecule has 0 fully saturated rings. The van der Waals surface area contributed by atoms with Crippen LogP contribution in [-0.4, -0.2) is 52.7 Å². The van der Waals surface area contributed by atoms with Gasteiger partial charge in [-0.05, 0) is 12.0 Å². The maximum Gasteiger partial charge on any atom is 0.326 e. The molecule has 0 spiro atoms. The van der Waals surface area contributed by atoms with Gasteiger partial charge in [0.25, 0.3) is 0 Å². The quantitative estimate of drug-likeness (QED) is 0.257. The van der Waals surface area contributed by atoms with Crippen LogP contribution in [0.3, 0.4) is 0 Å². The van der Waals surface area contributed by atoms with Crippen LogP contribution in [0.2, 0.25) is 0 Å². The largest absolute Gasteiger partial charge is 0.480 e. The number of primary amides is 1. The lowest BCUT2D eigenvalue weighted by molar-refractivity contribution is -0.142. The molecular weight excluding hydrogens is 372 g/mol. The highest BCUT2D eigenvalue weighted by Crippen LogP contribution is 2.05. The van der Waals surface area contributed by atoms with Crippen LogP contribution >= 0.6 is 12.6 Å². The van der Waals surface area contributed by atoms with Crippen molar-refractivity contribution in [1.29, 1.82) is 0 Å². The second kappa shape index (κ2) is 11.2. The van der Waals surface area contributed by atoms with Crippen molar-refractivity contribution < 1.29 is 24.3 Å². The predicted molar refractivity (Wildman–Crippen MR) is 102 cm³/mol. The molecule has 0 saturated heterocycles. The van der Waals surface area contributed by atoms with E-state index in [1.165, 1.54) is 0 Å². The van der Waals surface area contributed by atoms with Crippen LogP contribution in [0.1, 0.15) is 18.4 Å². The van der Waals surface area contributed by atoms with Gasteiger partial charge in [-0.1, -0.05) is 30.3 Å². The topological polar surface area (TPSA) is 165 Å². The Morgan fingerprint density at radius 1 is 1.04 bits per heavy atom. The van der Waals surface area contributed by atoms with E-state index in [0.717, 1.165) is 5.56 Å². The van der Waals surface area contributed by atoms with Gasteiger partial charge in [0.1, 0.15) is 12.1 Å². The summed E-state index contributed by atoms with van der Waals surface area (Å²) in [5, 5.41) is 14.2. The van der Waals surface area contributed by atoms with E-state index >= 15 is 0 Å². The smallest absolute Gasteiger partial charge is 0.326 e. The molecule has 1 rings (SSSR count). The van der Waals surface area contributed by atoms with Gasteiger partial charge < -0.3 is 27.2 Å². The first-order valence-corrected chi connectivity index (χ1v) is 8.90. The van der Waals surface area contributed by atoms with Crippen LogP contribution in [0.5, 0.6) is 0 Å². The number of thiol groups is 1. The number of hydrogen-bond acceptors (Lipinski definition) is 6. The summed E-state index contributed by atoms with van der Waals surface area (Å²) in [6, 6.07) is 5.48. The van der Waals surface area contributed by atoms with Crippen LogP contribution in [-0.2, 0) is 25.6 Å². The summed E-state index contributed by atoms with van der Waals surface area (Å²) < 4.78 is 0. The van der Waals surface area contributed by atoms with E-state index in [1.54, 1.807) is 30.3 Å². The molecule has 0 saturated carbocycles. The van der Waals surface area contributed by atoms with E-state index in [1.807, 2.05) is 0 Å². The van der Waals surface area contributed by atoms with E-state index in [0.29, 0.717) is 0 Å². The minimum absolute atomic E-state index is 0.0573. The van der Waals surface area contributed by atoms with Crippen molar-refractivity contribution in [3.63, 3.8) is 0 Å². The molecule has 1 aromatic rings. The lowest BCUT2D eigenvalue weighted by Crippen LogP contribution is -2.55. The Morgan fingerprint density at radius 2 is 1.63 bits per heavy atom. The molecule has 10 heteroatoms. The molecular formula is C17H24N4O5S. The summed E-state index contributed by atoms with van der Waals surface area (Å²) in [6.07, 6.45) is -0.177. The Balaban J connectivity index is 2.85. The number of nitrogens with one attached hydrogen (secondary N) is 2. The number of carboxylic acids is 1.